The average Bonchev–Trinajstić information content (AvgIpc) is 3.50. The number of benzene rings is 4. The van der Waals surface area contributed by atoms with Gasteiger partial charge in [-0.1, -0.05) is 35.9 Å². The van der Waals surface area contributed by atoms with E-state index < -0.39 is 5.97 Å². The van der Waals surface area contributed by atoms with Crippen molar-refractivity contribution in [3.63, 3.8) is 0 Å². The summed E-state index contributed by atoms with van der Waals surface area (Å²) >= 11 is 9.57. The highest BCUT2D eigenvalue weighted by atomic mass is 127. The van der Waals surface area contributed by atoms with Gasteiger partial charge in [0.1, 0.15) is 6.61 Å². The second kappa shape index (κ2) is 14.3. The Labute approximate surface area is 275 Å². The Morgan fingerprint density at radius 1 is 1.02 bits per heavy atom. The van der Waals surface area contributed by atoms with Crippen molar-refractivity contribution < 1.29 is 24.2 Å². The maximum Gasteiger partial charge on any atom is 0.335 e. The SMILES string of the molecule is COc1cc(/C=N\NC(=O)c2ccc(-c3csc(Nc4ccc(Cl)cc4)n3)cc2)cc(I)c1OCc1ccc(C(=O)O)cc1. The first kappa shape index (κ1) is 31.0. The molecule has 0 bridgehead atoms. The van der Waals surface area contributed by atoms with Crippen molar-refractivity contribution in [2.75, 3.05) is 12.4 Å². The molecule has 0 unspecified atom stereocenters. The van der Waals surface area contributed by atoms with Crippen molar-refractivity contribution >= 4 is 74.4 Å². The largest absolute Gasteiger partial charge is 0.493 e. The van der Waals surface area contributed by atoms with E-state index in [2.05, 4.69) is 43.4 Å². The molecule has 3 N–H and O–H groups in total. The van der Waals surface area contributed by atoms with Crippen LogP contribution in [-0.4, -0.2) is 35.3 Å². The number of thiazole rings is 1. The molecule has 0 aliphatic carbocycles. The highest BCUT2D eigenvalue weighted by molar-refractivity contribution is 14.1. The number of carboxylic acids is 1. The third-order valence-corrected chi connectivity index (χ3v) is 8.07. The first-order valence-electron chi connectivity index (χ1n) is 13.0. The minimum atomic E-state index is -0.981. The third kappa shape index (κ3) is 7.92. The van der Waals surface area contributed by atoms with Gasteiger partial charge in [0.25, 0.3) is 5.91 Å². The molecule has 0 aliphatic heterocycles. The van der Waals surface area contributed by atoms with E-state index in [1.165, 1.54) is 36.8 Å². The van der Waals surface area contributed by atoms with Crippen molar-refractivity contribution in [1.82, 2.24) is 10.4 Å². The molecule has 0 radical (unpaired) electrons. The number of methoxy groups -OCH3 is 1. The zero-order chi connectivity index (χ0) is 31.1. The van der Waals surface area contributed by atoms with E-state index in [1.54, 1.807) is 30.3 Å². The molecule has 9 nitrogen and oxygen atoms in total. The van der Waals surface area contributed by atoms with Gasteiger partial charge < -0.3 is 19.9 Å². The van der Waals surface area contributed by atoms with E-state index in [4.69, 9.17) is 26.2 Å². The molecule has 1 aromatic heterocycles. The van der Waals surface area contributed by atoms with Crippen LogP contribution in [0.4, 0.5) is 10.8 Å². The van der Waals surface area contributed by atoms with Gasteiger partial charge in [-0.3, -0.25) is 4.79 Å². The molecule has 5 aromatic rings. The van der Waals surface area contributed by atoms with Crippen LogP contribution in [0.5, 0.6) is 11.5 Å². The van der Waals surface area contributed by atoms with E-state index in [9.17, 15) is 9.59 Å². The summed E-state index contributed by atoms with van der Waals surface area (Å²) in [5.41, 5.74) is 7.30. The summed E-state index contributed by atoms with van der Waals surface area (Å²) in [7, 11) is 1.54. The fourth-order valence-corrected chi connectivity index (χ4v) is 5.64. The zero-order valence-electron chi connectivity index (χ0n) is 23.1. The smallest absolute Gasteiger partial charge is 0.335 e. The van der Waals surface area contributed by atoms with E-state index in [1.807, 2.05) is 47.8 Å². The molecule has 1 amide bonds. The summed E-state index contributed by atoms with van der Waals surface area (Å²) in [4.78, 5) is 28.4. The molecule has 4 aromatic carbocycles. The molecular weight excluding hydrogens is 715 g/mol. The lowest BCUT2D eigenvalue weighted by molar-refractivity contribution is 0.0696. The number of hydrazone groups is 1. The predicted molar refractivity (Wildman–Crippen MR) is 181 cm³/mol. The number of hydrogen-bond donors (Lipinski definition) is 3. The molecule has 1 heterocycles. The Balaban J connectivity index is 1.17. The fraction of sp³-hybridized carbons (Fsp3) is 0.0625. The highest BCUT2D eigenvalue weighted by Gasteiger charge is 2.13. The molecule has 222 valence electrons. The van der Waals surface area contributed by atoms with E-state index >= 15 is 0 Å². The molecular formula is C32H24ClIN4O5S. The Hall–Kier alpha value is -4.46. The summed E-state index contributed by atoms with van der Waals surface area (Å²) in [6.07, 6.45) is 1.52. The number of halogens is 2. The minimum absolute atomic E-state index is 0.210. The number of carboxylic acid groups (broad SMARTS) is 1. The van der Waals surface area contributed by atoms with Crippen LogP contribution in [0, 0.1) is 3.57 Å². The molecule has 0 aliphatic rings. The van der Waals surface area contributed by atoms with Crippen LogP contribution < -0.4 is 20.2 Å². The van der Waals surface area contributed by atoms with Gasteiger partial charge in [0, 0.05) is 27.2 Å². The Morgan fingerprint density at radius 2 is 1.73 bits per heavy atom. The minimum Gasteiger partial charge on any atom is -0.493 e. The number of amides is 1. The van der Waals surface area contributed by atoms with E-state index in [0.717, 1.165) is 31.2 Å². The Bertz CT molecular complexity index is 1810. The standard InChI is InChI=1S/C32H24ClIN4O5S/c1-42-28-15-20(14-26(34)29(28)43-17-19-2-4-23(5-3-19)31(40)41)16-35-38-30(39)22-8-6-21(7-9-22)27-18-44-32(37-27)36-25-12-10-24(33)11-13-25/h2-16,18H,17H2,1H3,(H,36,37)(H,38,39)(H,40,41)/b35-16-. The number of carbonyl (C=O) groups excluding carboxylic acids is 1. The van der Waals surface area contributed by atoms with Crippen LogP contribution in [0.15, 0.2) is 95.4 Å². The molecule has 0 fully saturated rings. The monoisotopic (exact) mass is 738 g/mol. The van der Waals surface area contributed by atoms with Crippen molar-refractivity contribution in [1.29, 1.82) is 0 Å². The molecule has 44 heavy (non-hydrogen) atoms. The van der Waals surface area contributed by atoms with Gasteiger partial charge in [-0.05, 0) is 94.4 Å². The molecule has 5 rings (SSSR count). The number of carbonyl (C=O) groups is 2. The van der Waals surface area contributed by atoms with E-state index in [0.29, 0.717) is 27.6 Å². The van der Waals surface area contributed by atoms with Crippen LogP contribution in [0.3, 0.4) is 0 Å². The maximum absolute atomic E-state index is 12.7. The lowest BCUT2D eigenvalue weighted by Crippen LogP contribution is -2.17. The van der Waals surface area contributed by atoms with Crippen LogP contribution in [0.2, 0.25) is 5.02 Å². The van der Waals surface area contributed by atoms with Crippen LogP contribution in [0.1, 0.15) is 31.8 Å². The second-order valence-electron chi connectivity index (χ2n) is 9.27. The lowest BCUT2D eigenvalue weighted by Gasteiger charge is -2.13. The maximum atomic E-state index is 12.7. The molecule has 0 saturated heterocycles. The Kier molecular flexibility index (Phi) is 10.1. The zero-order valence-corrected chi connectivity index (χ0v) is 26.8. The van der Waals surface area contributed by atoms with Crippen LogP contribution >= 0.6 is 45.5 Å². The average molecular weight is 739 g/mol. The van der Waals surface area contributed by atoms with Gasteiger partial charge in [-0.15, -0.1) is 11.3 Å². The van der Waals surface area contributed by atoms with Crippen LogP contribution in [-0.2, 0) is 6.61 Å². The number of ether oxygens (including phenoxy) is 2. The predicted octanol–water partition coefficient (Wildman–Crippen LogP) is 7.86. The first-order chi connectivity index (χ1) is 21.3. The van der Waals surface area contributed by atoms with Gasteiger partial charge in [0.2, 0.25) is 0 Å². The number of aromatic carboxylic acids is 1. The third-order valence-electron chi connectivity index (χ3n) is 6.26. The summed E-state index contributed by atoms with van der Waals surface area (Å²) in [5, 5.41) is 19.8. The molecule has 0 atom stereocenters. The number of aromatic nitrogens is 1. The summed E-state index contributed by atoms with van der Waals surface area (Å²) < 4.78 is 12.3. The topological polar surface area (TPSA) is 122 Å². The number of hydrogen-bond acceptors (Lipinski definition) is 8. The number of nitrogens with one attached hydrogen (secondary N) is 2. The van der Waals surface area contributed by atoms with Crippen molar-refractivity contribution in [3.05, 3.63) is 121 Å². The molecule has 0 saturated carbocycles. The fourth-order valence-electron chi connectivity index (χ4n) is 4.00. The van der Waals surface area contributed by atoms with Gasteiger partial charge in [0.05, 0.1) is 28.2 Å². The number of rotatable bonds is 11. The summed E-state index contributed by atoms with van der Waals surface area (Å²) in [6.45, 7) is 0.235. The first-order valence-corrected chi connectivity index (χ1v) is 15.4. The number of nitrogens with zero attached hydrogens (tertiary/aromatic N) is 2. The highest BCUT2D eigenvalue weighted by Crippen LogP contribution is 2.34. The quantitative estimate of drug-likeness (QED) is 0.0717. The summed E-state index contributed by atoms with van der Waals surface area (Å²) in [5.74, 6) is -0.294. The van der Waals surface area contributed by atoms with Gasteiger partial charge in [-0.2, -0.15) is 5.10 Å². The van der Waals surface area contributed by atoms with Crippen molar-refractivity contribution in [2.24, 2.45) is 5.10 Å². The molecule has 12 heteroatoms. The van der Waals surface area contributed by atoms with Crippen molar-refractivity contribution in [3.8, 4) is 22.8 Å². The Morgan fingerprint density at radius 3 is 2.41 bits per heavy atom. The van der Waals surface area contributed by atoms with Gasteiger partial charge >= 0.3 is 5.97 Å². The van der Waals surface area contributed by atoms with Crippen LogP contribution in [0.25, 0.3) is 11.3 Å². The van der Waals surface area contributed by atoms with Gasteiger partial charge in [0.15, 0.2) is 16.6 Å². The second-order valence-corrected chi connectivity index (χ2v) is 11.7. The normalized spacial score (nSPS) is 10.9. The van der Waals surface area contributed by atoms with E-state index in [-0.39, 0.29) is 18.1 Å². The number of anilines is 2. The van der Waals surface area contributed by atoms with Gasteiger partial charge in [-0.25, -0.2) is 15.2 Å². The summed E-state index contributed by atoms with van der Waals surface area (Å²) in [6, 6.07) is 24.6. The lowest BCUT2D eigenvalue weighted by atomic mass is 10.1. The van der Waals surface area contributed by atoms with Crippen molar-refractivity contribution in [2.45, 2.75) is 6.61 Å². The molecule has 0 spiro atoms.